The number of amides is 2. The monoisotopic (exact) mass is 466 g/mol. The number of carbonyl (C=O) groups excluding carboxylic acids is 2. The molecule has 34 heavy (non-hydrogen) atoms. The molecule has 0 aliphatic carbocycles. The van der Waals surface area contributed by atoms with E-state index in [9.17, 15) is 14.0 Å². The fourth-order valence-corrected chi connectivity index (χ4v) is 5.64. The summed E-state index contributed by atoms with van der Waals surface area (Å²) in [5.41, 5.74) is 2.52. The lowest BCUT2D eigenvalue weighted by molar-refractivity contribution is -0.136. The molecule has 2 atom stereocenters. The highest BCUT2D eigenvalue weighted by Gasteiger charge is 2.48. The van der Waals surface area contributed by atoms with Crippen molar-refractivity contribution in [2.75, 3.05) is 33.2 Å². The number of aryl methyl sites for hydroxylation is 1. The van der Waals surface area contributed by atoms with Crippen LogP contribution in [0.15, 0.2) is 42.6 Å². The third-order valence-corrected chi connectivity index (χ3v) is 7.53. The second-order valence-electron chi connectivity index (χ2n) is 10.4. The van der Waals surface area contributed by atoms with Crippen LogP contribution in [0.25, 0.3) is 0 Å². The first kappa shape index (κ1) is 24.3. The molecule has 2 fully saturated rings. The van der Waals surface area contributed by atoms with E-state index in [4.69, 9.17) is 0 Å². The first-order valence-electron chi connectivity index (χ1n) is 12.1. The summed E-state index contributed by atoms with van der Waals surface area (Å²) >= 11 is 0. The molecular weight excluding hydrogens is 431 g/mol. The lowest BCUT2D eigenvalue weighted by atomic mass is 9.68. The minimum Gasteiger partial charge on any atom is -0.341 e. The molecule has 0 saturated carbocycles. The van der Waals surface area contributed by atoms with E-state index in [1.165, 1.54) is 5.56 Å². The summed E-state index contributed by atoms with van der Waals surface area (Å²) in [6, 6.07) is 9.87. The van der Waals surface area contributed by atoms with Gasteiger partial charge < -0.3 is 15.1 Å². The van der Waals surface area contributed by atoms with E-state index in [-0.39, 0.29) is 29.0 Å². The van der Waals surface area contributed by atoms with Crippen LogP contribution in [0.2, 0.25) is 0 Å². The molecule has 2 aliphatic heterocycles. The van der Waals surface area contributed by atoms with Crippen LogP contribution in [-0.4, -0.2) is 65.9 Å². The van der Waals surface area contributed by atoms with Gasteiger partial charge in [-0.25, -0.2) is 4.39 Å². The predicted molar refractivity (Wildman–Crippen MR) is 130 cm³/mol. The molecule has 1 unspecified atom stereocenters. The van der Waals surface area contributed by atoms with Crippen molar-refractivity contribution in [1.29, 1.82) is 0 Å². The number of nitrogens with zero attached hydrogens (tertiary/aromatic N) is 3. The first-order valence-corrected chi connectivity index (χ1v) is 12.1. The highest BCUT2D eigenvalue weighted by molar-refractivity contribution is 5.96. The summed E-state index contributed by atoms with van der Waals surface area (Å²) < 4.78 is 13.5. The SMILES string of the molecule is Cc1ccnc(C(=O)N[C@@H](C(=O)N2CCC3(CC2)CN(C)CC3c2ccc(F)cc2)C(C)C)c1. The van der Waals surface area contributed by atoms with Crippen molar-refractivity contribution >= 4 is 11.8 Å². The number of hydrogen-bond acceptors (Lipinski definition) is 4. The van der Waals surface area contributed by atoms with E-state index in [1.807, 2.05) is 43.9 Å². The molecule has 7 heteroatoms. The smallest absolute Gasteiger partial charge is 0.270 e. The Morgan fingerprint density at radius 3 is 2.44 bits per heavy atom. The van der Waals surface area contributed by atoms with Crippen molar-refractivity contribution in [3.63, 3.8) is 0 Å². The van der Waals surface area contributed by atoms with Crippen LogP contribution >= 0.6 is 0 Å². The molecule has 182 valence electrons. The Kier molecular flexibility index (Phi) is 7.03. The third kappa shape index (κ3) is 4.99. The van der Waals surface area contributed by atoms with Crippen LogP contribution < -0.4 is 5.32 Å². The van der Waals surface area contributed by atoms with E-state index >= 15 is 0 Å². The van der Waals surface area contributed by atoms with E-state index in [0.717, 1.165) is 31.5 Å². The summed E-state index contributed by atoms with van der Waals surface area (Å²) in [6.45, 7) is 9.04. The van der Waals surface area contributed by atoms with Gasteiger partial charge in [-0.3, -0.25) is 14.6 Å². The number of hydrogen-bond donors (Lipinski definition) is 1. The third-order valence-electron chi connectivity index (χ3n) is 7.53. The van der Waals surface area contributed by atoms with Gasteiger partial charge in [0.15, 0.2) is 0 Å². The molecule has 1 N–H and O–H groups in total. The molecule has 2 amide bonds. The summed E-state index contributed by atoms with van der Waals surface area (Å²) in [5, 5.41) is 2.93. The Bertz CT molecular complexity index is 1030. The zero-order valence-electron chi connectivity index (χ0n) is 20.6. The van der Waals surface area contributed by atoms with Gasteiger partial charge in [0.2, 0.25) is 5.91 Å². The van der Waals surface area contributed by atoms with Gasteiger partial charge in [-0.15, -0.1) is 0 Å². The number of likely N-dealkylation sites (tertiary alicyclic amines) is 2. The van der Waals surface area contributed by atoms with Gasteiger partial charge in [-0.05, 0) is 73.5 Å². The number of likely N-dealkylation sites (N-methyl/N-ethyl adjacent to an activating group) is 1. The van der Waals surface area contributed by atoms with Crippen LogP contribution in [0.5, 0.6) is 0 Å². The van der Waals surface area contributed by atoms with Gasteiger partial charge in [0, 0.05) is 38.3 Å². The Hall–Kier alpha value is -2.80. The topological polar surface area (TPSA) is 65.5 Å². The summed E-state index contributed by atoms with van der Waals surface area (Å²) in [5.74, 6) is -0.286. The maximum absolute atomic E-state index is 13.5. The summed E-state index contributed by atoms with van der Waals surface area (Å²) in [7, 11) is 2.13. The van der Waals surface area contributed by atoms with Crippen LogP contribution in [0.3, 0.4) is 0 Å². The van der Waals surface area contributed by atoms with Crippen LogP contribution in [0.1, 0.15) is 54.2 Å². The van der Waals surface area contributed by atoms with Crippen molar-refractivity contribution in [2.45, 2.75) is 45.6 Å². The molecule has 0 radical (unpaired) electrons. The highest BCUT2D eigenvalue weighted by atomic mass is 19.1. The number of benzene rings is 1. The molecule has 6 nitrogen and oxygen atoms in total. The molecule has 2 aromatic rings. The number of aromatic nitrogens is 1. The Morgan fingerprint density at radius 1 is 1.15 bits per heavy atom. The Labute approximate surface area is 201 Å². The molecule has 3 heterocycles. The van der Waals surface area contributed by atoms with E-state index in [0.29, 0.717) is 24.7 Å². The van der Waals surface area contributed by atoms with Gasteiger partial charge in [-0.1, -0.05) is 26.0 Å². The second-order valence-corrected chi connectivity index (χ2v) is 10.4. The lowest BCUT2D eigenvalue weighted by Crippen LogP contribution is -2.54. The highest BCUT2D eigenvalue weighted by Crippen LogP contribution is 2.49. The molecular formula is C27H35FN4O2. The predicted octanol–water partition coefficient (Wildman–Crippen LogP) is 3.62. The van der Waals surface area contributed by atoms with E-state index < -0.39 is 6.04 Å². The van der Waals surface area contributed by atoms with Crippen molar-refractivity contribution in [3.05, 3.63) is 65.2 Å². The van der Waals surface area contributed by atoms with Gasteiger partial charge in [0.25, 0.3) is 5.91 Å². The average Bonchev–Trinajstić information content (AvgIpc) is 3.13. The van der Waals surface area contributed by atoms with Crippen LogP contribution in [0, 0.1) is 24.1 Å². The normalized spacial score (nSPS) is 21.1. The van der Waals surface area contributed by atoms with Gasteiger partial charge in [-0.2, -0.15) is 0 Å². The number of nitrogens with one attached hydrogen (secondary N) is 1. The van der Waals surface area contributed by atoms with Crippen LogP contribution in [0.4, 0.5) is 4.39 Å². The maximum Gasteiger partial charge on any atom is 0.270 e. The lowest BCUT2D eigenvalue weighted by Gasteiger charge is -2.44. The number of halogens is 1. The molecule has 1 aromatic heterocycles. The molecule has 1 spiro atoms. The minimum absolute atomic E-state index is 0.0319. The second kappa shape index (κ2) is 9.82. The van der Waals surface area contributed by atoms with Crippen LogP contribution in [-0.2, 0) is 4.79 Å². The Morgan fingerprint density at radius 2 is 1.82 bits per heavy atom. The first-order chi connectivity index (χ1) is 16.2. The zero-order chi connectivity index (χ0) is 24.5. The zero-order valence-corrected chi connectivity index (χ0v) is 20.6. The molecule has 4 rings (SSSR count). The largest absolute Gasteiger partial charge is 0.341 e. The van der Waals surface area contributed by atoms with Crippen molar-refractivity contribution in [2.24, 2.45) is 11.3 Å². The average molecular weight is 467 g/mol. The van der Waals surface area contributed by atoms with Gasteiger partial charge >= 0.3 is 0 Å². The van der Waals surface area contributed by atoms with Gasteiger partial charge in [0.1, 0.15) is 17.6 Å². The molecule has 2 saturated heterocycles. The quantitative estimate of drug-likeness (QED) is 0.731. The minimum atomic E-state index is -0.594. The van der Waals surface area contributed by atoms with E-state index in [1.54, 1.807) is 24.4 Å². The van der Waals surface area contributed by atoms with Gasteiger partial charge in [0.05, 0.1) is 0 Å². The number of carbonyl (C=O) groups is 2. The maximum atomic E-state index is 13.5. The number of piperidine rings is 1. The summed E-state index contributed by atoms with van der Waals surface area (Å²) in [4.78, 5) is 34.7. The fourth-order valence-electron chi connectivity index (χ4n) is 5.64. The standard InChI is InChI=1S/C27H35FN4O2/c1-18(2)24(30-25(33)23-15-19(3)9-12-29-23)26(34)32-13-10-27(11-14-32)17-31(4)16-22(27)20-5-7-21(28)8-6-20/h5-9,12,15,18,22,24H,10-11,13-14,16-17H2,1-4H3,(H,30,33)/t22?,24-/m1/s1. The molecule has 2 aliphatic rings. The molecule has 0 bridgehead atoms. The number of rotatable bonds is 5. The number of pyridine rings is 1. The van der Waals surface area contributed by atoms with Crippen molar-refractivity contribution in [1.82, 2.24) is 20.1 Å². The van der Waals surface area contributed by atoms with E-state index in [2.05, 4.69) is 22.2 Å². The molecule has 1 aromatic carbocycles. The summed E-state index contributed by atoms with van der Waals surface area (Å²) in [6.07, 6.45) is 3.39. The Balaban J connectivity index is 1.45. The van der Waals surface area contributed by atoms with Crippen molar-refractivity contribution in [3.8, 4) is 0 Å². The van der Waals surface area contributed by atoms with Crippen molar-refractivity contribution < 1.29 is 14.0 Å². The fraction of sp³-hybridized carbons (Fsp3) is 0.519.